The Morgan fingerprint density at radius 2 is 1.83 bits per heavy atom. The molecule has 1 saturated carbocycles. The maximum absolute atomic E-state index is 12.1. The van der Waals surface area contributed by atoms with Gasteiger partial charge < -0.3 is 4.90 Å². The van der Waals surface area contributed by atoms with Crippen LogP contribution in [0.3, 0.4) is 0 Å². The fourth-order valence-corrected chi connectivity index (χ4v) is 3.83. The second-order valence-electron chi connectivity index (χ2n) is 6.40. The van der Waals surface area contributed by atoms with Crippen LogP contribution in [0.5, 0.6) is 0 Å². The molecular formula is C13H23NO3S. The maximum atomic E-state index is 12.1. The molecule has 0 aromatic carbocycles. The molecule has 0 N–H and O–H groups in total. The minimum absolute atomic E-state index is 0.237. The SMILES string of the molecule is CC1(CC(=O)N2CCC(CS(C)(=O)=O)CC2)CC1. The molecule has 0 radical (unpaired) electrons. The van der Waals surface area contributed by atoms with Gasteiger partial charge in [0.15, 0.2) is 0 Å². The summed E-state index contributed by atoms with van der Waals surface area (Å²) >= 11 is 0. The molecule has 1 aliphatic heterocycles. The first-order chi connectivity index (χ1) is 8.27. The first-order valence-electron chi connectivity index (χ1n) is 6.73. The Bertz CT molecular complexity index is 418. The van der Waals surface area contributed by atoms with Crippen molar-refractivity contribution in [3.05, 3.63) is 0 Å². The number of sulfone groups is 1. The van der Waals surface area contributed by atoms with Crippen molar-refractivity contribution in [2.75, 3.05) is 25.1 Å². The molecular weight excluding hydrogens is 250 g/mol. The molecule has 0 aromatic heterocycles. The molecule has 0 spiro atoms. The van der Waals surface area contributed by atoms with E-state index < -0.39 is 9.84 Å². The van der Waals surface area contributed by atoms with Crippen LogP contribution in [0.15, 0.2) is 0 Å². The normalized spacial score (nSPS) is 24.0. The number of amides is 1. The number of hydrogen-bond donors (Lipinski definition) is 0. The predicted molar refractivity (Wildman–Crippen MR) is 71.0 cm³/mol. The van der Waals surface area contributed by atoms with Gasteiger partial charge in [-0.1, -0.05) is 6.92 Å². The van der Waals surface area contributed by atoms with Crippen LogP contribution in [0, 0.1) is 11.3 Å². The van der Waals surface area contributed by atoms with E-state index in [9.17, 15) is 13.2 Å². The largest absolute Gasteiger partial charge is 0.343 e. The van der Waals surface area contributed by atoms with Crippen LogP contribution in [0.25, 0.3) is 0 Å². The number of carbonyl (C=O) groups excluding carboxylic acids is 1. The minimum Gasteiger partial charge on any atom is -0.343 e. The molecule has 5 heteroatoms. The van der Waals surface area contributed by atoms with Crippen molar-refractivity contribution in [3.8, 4) is 0 Å². The molecule has 0 bridgehead atoms. The van der Waals surface area contributed by atoms with Crippen molar-refractivity contribution in [2.45, 2.75) is 39.0 Å². The lowest BCUT2D eigenvalue weighted by Gasteiger charge is -2.32. The van der Waals surface area contributed by atoms with Gasteiger partial charge in [0.1, 0.15) is 9.84 Å². The third-order valence-electron chi connectivity index (χ3n) is 4.19. The average Bonchev–Trinajstić information content (AvgIpc) is 2.94. The van der Waals surface area contributed by atoms with E-state index in [0.717, 1.165) is 25.9 Å². The highest BCUT2D eigenvalue weighted by Crippen LogP contribution is 2.48. The zero-order chi connectivity index (χ0) is 13.4. The van der Waals surface area contributed by atoms with Crippen molar-refractivity contribution in [1.29, 1.82) is 0 Å². The summed E-state index contributed by atoms with van der Waals surface area (Å²) in [5.74, 6) is 0.764. The molecule has 4 nitrogen and oxygen atoms in total. The summed E-state index contributed by atoms with van der Waals surface area (Å²) in [4.78, 5) is 14.0. The minimum atomic E-state index is -2.88. The summed E-state index contributed by atoms with van der Waals surface area (Å²) < 4.78 is 22.5. The molecule has 2 aliphatic rings. The second kappa shape index (κ2) is 4.83. The van der Waals surface area contributed by atoms with Gasteiger partial charge >= 0.3 is 0 Å². The first kappa shape index (κ1) is 13.8. The van der Waals surface area contributed by atoms with Gasteiger partial charge in [0.25, 0.3) is 0 Å². The van der Waals surface area contributed by atoms with Gasteiger partial charge in [-0.3, -0.25) is 4.79 Å². The van der Waals surface area contributed by atoms with Crippen molar-refractivity contribution in [2.24, 2.45) is 11.3 Å². The molecule has 18 heavy (non-hydrogen) atoms. The highest BCUT2D eigenvalue weighted by Gasteiger charge is 2.40. The van der Waals surface area contributed by atoms with E-state index in [4.69, 9.17) is 0 Å². The highest BCUT2D eigenvalue weighted by atomic mass is 32.2. The van der Waals surface area contributed by atoms with E-state index in [1.165, 1.54) is 19.1 Å². The zero-order valence-electron chi connectivity index (χ0n) is 11.3. The molecule has 1 saturated heterocycles. The molecule has 0 unspecified atom stereocenters. The fourth-order valence-electron chi connectivity index (χ4n) is 2.64. The quantitative estimate of drug-likeness (QED) is 0.779. The van der Waals surface area contributed by atoms with E-state index in [-0.39, 0.29) is 23.0 Å². The number of rotatable bonds is 4. The summed E-state index contributed by atoms with van der Waals surface area (Å²) in [5, 5.41) is 0. The Balaban J connectivity index is 1.77. The van der Waals surface area contributed by atoms with Crippen molar-refractivity contribution < 1.29 is 13.2 Å². The van der Waals surface area contributed by atoms with Crippen LogP contribution in [-0.2, 0) is 14.6 Å². The van der Waals surface area contributed by atoms with E-state index in [2.05, 4.69) is 6.92 Å². The Labute approximate surface area is 110 Å². The van der Waals surface area contributed by atoms with Crippen LogP contribution in [-0.4, -0.2) is 44.3 Å². The van der Waals surface area contributed by atoms with E-state index >= 15 is 0 Å². The molecule has 0 atom stereocenters. The lowest BCUT2D eigenvalue weighted by Crippen LogP contribution is -2.40. The van der Waals surface area contributed by atoms with Gasteiger partial charge in [0.05, 0.1) is 5.75 Å². The Morgan fingerprint density at radius 1 is 1.28 bits per heavy atom. The monoisotopic (exact) mass is 273 g/mol. The zero-order valence-corrected chi connectivity index (χ0v) is 12.1. The molecule has 1 aliphatic carbocycles. The number of carbonyl (C=O) groups is 1. The van der Waals surface area contributed by atoms with E-state index in [0.29, 0.717) is 6.42 Å². The van der Waals surface area contributed by atoms with Gasteiger partial charge in [-0.05, 0) is 37.0 Å². The fraction of sp³-hybridized carbons (Fsp3) is 0.923. The molecule has 0 aromatic rings. The van der Waals surface area contributed by atoms with Crippen LogP contribution in [0.1, 0.15) is 39.0 Å². The van der Waals surface area contributed by atoms with Crippen molar-refractivity contribution >= 4 is 15.7 Å². The number of nitrogens with zero attached hydrogens (tertiary/aromatic N) is 1. The van der Waals surface area contributed by atoms with Crippen LogP contribution in [0.4, 0.5) is 0 Å². The lowest BCUT2D eigenvalue weighted by molar-refractivity contribution is -0.133. The summed E-state index contributed by atoms with van der Waals surface area (Å²) in [5.41, 5.74) is 0.265. The summed E-state index contributed by atoms with van der Waals surface area (Å²) in [6.45, 7) is 3.63. The van der Waals surface area contributed by atoms with Crippen LogP contribution >= 0.6 is 0 Å². The lowest BCUT2D eigenvalue weighted by atomic mass is 9.97. The van der Waals surface area contributed by atoms with Gasteiger partial charge in [-0.2, -0.15) is 0 Å². The van der Waals surface area contributed by atoms with Crippen molar-refractivity contribution in [3.63, 3.8) is 0 Å². The van der Waals surface area contributed by atoms with Gasteiger partial charge in [-0.15, -0.1) is 0 Å². The van der Waals surface area contributed by atoms with Gasteiger partial charge in [0.2, 0.25) is 5.91 Å². The number of piperidine rings is 1. The first-order valence-corrected chi connectivity index (χ1v) is 8.79. The van der Waals surface area contributed by atoms with E-state index in [1.807, 2.05) is 4.90 Å². The second-order valence-corrected chi connectivity index (χ2v) is 8.59. The molecule has 1 amide bonds. The third kappa shape index (κ3) is 3.97. The average molecular weight is 273 g/mol. The Morgan fingerprint density at radius 3 is 2.28 bits per heavy atom. The van der Waals surface area contributed by atoms with Crippen LogP contribution < -0.4 is 0 Å². The van der Waals surface area contributed by atoms with E-state index in [1.54, 1.807) is 0 Å². The smallest absolute Gasteiger partial charge is 0.223 e. The standard InChI is InChI=1S/C13H23NO3S/c1-13(5-6-13)9-12(15)14-7-3-11(4-8-14)10-18(2,16)17/h11H,3-10H2,1-2H3. The topological polar surface area (TPSA) is 54.5 Å². The molecule has 2 fully saturated rings. The molecule has 2 rings (SSSR count). The Hall–Kier alpha value is -0.580. The number of hydrogen-bond acceptors (Lipinski definition) is 3. The molecule has 1 heterocycles. The van der Waals surface area contributed by atoms with Crippen LogP contribution in [0.2, 0.25) is 0 Å². The third-order valence-corrected chi connectivity index (χ3v) is 5.26. The summed E-state index contributed by atoms with van der Waals surface area (Å²) in [6, 6.07) is 0. The molecule has 104 valence electrons. The summed E-state index contributed by atoms with van der Waals surface area (Å²) in [6.07, 6.45) is 5.96. The van der Waals surface area contributed by atoms with Crippen molar-refractivity contribution in [1.82, 2.24) is 4.90 Å². The highest BCUT2D eigenvalue weighted by molar-refractivity contribution is 7.90. The number of likely N-dealkylation sites (tertiary alicyclic amines) is 1. The maximum Gasteiger partial charge on any atom is 0.223 e. The van der Waals surface area contributed by atoms with Gasteiger partial charge in [0, 0.05) is 25.8 Å². The van der Waals surface area contributed by atoms with Gasteiger partial charge in [-0.25, -0.2) is 8.42 Å². The summed E-state index contributed by atoms with van der Waals surface area (Å²) in [7, 11) is -2.88. The predicted octanol–water partition coefficient (Wildman–Crippen LogP) is 1.46. The Kier molecular flexibility index (Phi) is 3.72.